The van der Waals surface area contributed by atoms with Crippen LogP contribution in [-0.4, -0.2) is 16.3 Å². The van der Waals surface area contributed by atoms with Crippen molar-refractivity contribution in [1.29, 1.82) is 0 Å². The monoisotopic (exact) mass is 199 g/mol. The molecule has 15 heavy (non-hydrogen) atoms. The maximum atomic E-state index is 4.14. The molecule has 0 bridgehead atoms. The number of nitrogens with zero attached hydrogens (tertiary/aromatic N) is 3. The summed E-state index contributed by atoms with van der Waals surface area (Å²) in [5.74, 6) is 0. The van der Waals surface area contributed by atoms with Gasteiger partial charge in [0.25, 0.3) is 0 Å². The third kappa shape index (κ3) is 1.46. The third-order valence-electron chi connectivity index (χ3n) is 2.65. The predicted octanol–water partition coefficient (Wildman–Crippen LogP) is 2.55. The maximum absolute atomic E-state index is 4.14. The van der Waals surface area contributed by atoms with Crippen LogP contribution in [0.2, 0.25) is 0 Å². The van der Waals surface area contributed by atoms with Crippen molar-refractivity contribution in [3.8, 4) is 0 Å². The average Bonchev–Trinajstić information content (AvgIpc) is 2.51. The van der Waals surface area contributed by atoms with Crippen molar-refractivity contribution in [2.24, 2.45) is 12.0 Å². The van der Waals surface area contributed by atoms with Crippen LogP contribution in [0.25, 0.3) is 17.0 Å². The molecule has 0 atom stereocenters. The number of aliphatic imine (C=N–C) groups is 1. The topological polar surface area (TPSA) is 30.2 Å². The average molecular weight is 199 g/mol. The van der Waals surface area contributed by atoms with Crippen molar-refractivity contribution in [2.45, 2.75) is 6.92 Å². The van der Waals surface area contributed by atoms with Crippen molar-refractivity contribution in [1.82, 2.24) is 9.55 Å². The van der Waals surface area contributed by atoms with E-state index in [2.05, 4.69) is 28.2 Å². The van der Waals surface area contributed by atoms with Crippen LogP contribution in [0.4, 0.5) is 0 Å². The molecule has 0 amide bonds. The Bertz CT molecular complexity index is 496. The predicted molar refractivity (Wildman–Crippen MR) is 64.0 cm³/mol. The van der Waals surface area contributed by atoms with Crippen LogP contribution in [0.15, 0.2) is 29.7 Å². The van der Waals surface area contributed by atoms with Crippen LogP contribution in [0.1, 0.15) is 11.3 Å². The number of rotatable bonds is 2. The zero-order valence-corrected chi connectivity index (χ0v) is 8.94. The van der Waals surface area contributed by atoms with Gasteiger partial charge in [-0.25, -0.2) is 0 Å². The minimum absolute atomic E-state index is 1.14. The number of pyridine rings is 1. The number of fused-ring (bicyclic) bond motifs is 1. The lowest BCUT2D eigenvalue weighted by Crippen LogP contribution is -1.90. The molecule has 3 heteroatoms. The summed E-state index contributed by atoms with van der Waals surface area (Å²) in [5.41, 5.74) is 3.55. The molecule has 0 aliphatic rings. The van der Waals surface area contributed by atoms with E-state index in [0.717, 1.165) is 5.69 Å². The van der Waals surface area contributed by atoms with Gasteiger partial charge in [-0.3, -0.25) is 9.98 Å². The van der Waals surface area contributed by atoms with Gasteiger partial charge in [-0.05, 0) is 31.3 Å². The summed E-state index contributed by atoms with van der Waals surface area (Å²) in [5, 5.41) is 1.18. The van der Waals surface area contributed by atoms with Crippen LogP contribution in [-0.2, 0) is 7.05 Å². The van der Waals surface area contributed by atoms with E-state index in [1.165, 1.54) is 16.5 Å². The summed E-state index contributed by atoms with van der Waals surface area (Å²) < 4.78 is 2.13. The van der Waals surface area contributed by atoms with Gasteiger partial charge in [0.1, 0.15) is 0 Å². The Morgan fingerprint density at radius 1 is 1.53 bits per heavy atom. The standard InChI is InChI=1S/C12H13N3/c1-9-10-8-14-7-5-12(10)15(3)11(9)4-6-13-2/h4-8H,2H2,1,3H3/b6-4-. The first-order chi connectivity index (χ1) is 7.25. The largest absolute Gasteiger partial charge is 0.344 e. The Hall–Kier alpha value is -1.90. The highest BCUT2D eigenvalue weighted by atomic mass is 15.0. The summed E-state index contributed by atoms with van der Waals surface area (Å²) >= 11 is 0. The quantitative estimate of drug-likeness (QED) is 0.683. The Labute approximate surface area is 88.8 Å². The van der Waals surface area contributed by atoms with E-state index in [9.17, 15) is 0 Å². The van der Waals surface area contributed by atoms with Gasteiger partial charge in [-0.2, -0.15) is 0 Å². The van der Waals surface area contributed by atoms with E-state index in [1.807, 2.05) is 25.4 Å². The SMILES string of the molecule is C=N/C=C\c1c(C)c2cnccc2n1C. The molecule has 2 aromatic rings. The molecule has 0 aliphatic carbocycles. The molecular weight excluding hydrogens is 186 g/mol. The Kier molecular flexibility index (Phi) is 2.37. The van der Waals surface area contributed by atoms with Crippen LogP contribution in [0.3, 0.4) is 0 Å². The molecule has 76 valence electrons. The van der Waals surface area contributed by atoms with Crippen molar-refractivity contribution >= 4 is 23.7 Å². The number of aryl methyl sites for hydroxylation is 2. The lowest BCUT2D eigenvalue weighted by molar-refractivity contribution is 0.947. The molecule has 2 aromatic heterocycles. The highest BCUT2D eigenvalue weighted by molar-refractivity contribution is 5.86. The zero-order chi connectivity index (χ0) is 10.8. The van der Waals surface area contributed by atoms with Gasteiger partial charge in [0, 0.05) is 36.7 Å². The molecule has 2 rings (SSSR count). The van der Waals surface area contributed by atoms with E-state index in [-0.39, 0.29) is 0 Å². The minimum Gasteiger partial charge on any atom is -0.344 e. The normalized spacial score (nSPS) is 11.3. The summed E-state index contributed by atoms with van der Waals surface area (Å²) in [6.45, 7) is 5.52. The van der Waals surface area contributed by atoms with Crippen LogP contribution < -0.4 is 0 Å². The summed E-state index contributed by atoms with van der Waals surface area (Å²) in [4.78, 5) is 7.86. The fraction of sp³-hybridized carbons (Fsp3) is 0.167. The second-order valence-corrected chi connectivity index (χ2v) is 3.46. The molecule has 0 fully saturated rings. The number of hydrogen-bond acceptors (Lipinski definition) is 2. The fourth-order valence-electron chi connectivity index (χ4n) is 1.85. The molecule has 0 radical (unpaired) electrons. The highest BCUT2D eigenvalue weighted by Crippen LogP contribution is 2.24. The van der Waals surface area contributed by atoms with E-state index in [4.69, 9.17) is 0 Å². The van der Waals surface area contributed by atoms with Gasteiger partial charge in [0.2, 0.25) is 0 Å². The molecule has 0 saturated heterocycles. The van der Waals surface area contributed by atoms with E-state index >= 15 is 0 Å². The molecule has 0 N–H and O–H groups in total. The Balaban J connectivity index is 2.74. The van der Waals surface area contributed by atoms with Crippen molar-refractivity contribution < 1.29 is 0 Å². The van der Waals surface area contributed by atoms with Gasteiger partial charge >= 0.3 is 0 Å². The van der Waals surface area contributed by atoms with Crippen LogP contribution in [0, 0.1) is 6.92 Å². The summed E-state index contributed by atoms with van der Waals surface area (Å²) in [7, 11) is 2.04. The van der Waals surface area contributed by atoms with Gasteiger partial charge in [-0.1, -0.05) is 0 Å². The highest BCUT2D eigenvalue weighted by Gasteiger charge is 2.08. The first-order valence-electron chi connectivity index (χ1n) is 4.77. The lowest BCUT2D eigenvalue weighted by Gasteiger charge is -1.98. The molecule has 2 heterocycles. The number of aromatic nitrogens is 2. The molecule has 0 unspecified atom stereocenters. The maximum Gasteiger partial charge on any atom is 0.0516 e. The first-order valence-corrected chi connectivity index (χ1v) is 4.77. The van der Waals surface area contributed by atoms with Gasteiger partial charge in [0.15, 0.2) is 0 Å². The molecule has 0 saturated carbocycles. The first kappa shape index (κ1) is 9.65. The molecule has 0 aliphatic heterocycles. The van der Waals surface area contributed by atoms with Crippen LogP contribution >= 0.6 is 0 Å². The van der Waals surface area contributed by atoms with Crippen LogP contribution in [0.5, 0.6) is 0 Å². The van der Waals surface area contributed by atoms with E-state index in [1.54, 1.807) is 12.4 Å². The van der Waals surface area contributed by atoms with Gasteiger partial charge < -0.3 is 4.57 Å². The van der Waals surface area contributed by atoms with Gasteiger partial charge in [-0.15, -0.1) is 0 Å². The molecular formula is C12H13N3. The zero-order valence-electron chi connectivity index (χ0n) is 8.94. The smallest absolute Gasteiger partial charge is 0.0516 e. The Morgan fingerprint density at radius 3 is 3.00 bits per heavy atom. The van der Waals surface area contributed by atoms with E-state index in [0.29, 0.717) is 0 Å². The van der Waals surface area contributed by atoms with E-state index < -0.39 is 0 Å². The fourth-order valence-corrected chi connectivity index (χ4v) is 1.85. The second kappa shape index (κ2) is 3.69. The second-order valence-electron chi connectivity index (χ2n) is 3.46. The Morgan fingerprint density at radius 2 is 2.33 bits per heavy atom. The molecule has 3 nitrogen and oxygen atoms in total. The van der Waals surface area contributed by atoms with Crippen molar-refractivity contribution in [3.63, 3.8) is 0 Å². The van der Waals surface area contributed by atoms with Crippen molar-refractivity contribution in [3.05, 3.63) is 35.9 Å². The molecule has 0 spiro atoms. The number of hydrogen-bond donors (Lipinski definition) is 0. The van der Waals surface area contributed by atoms with Gasteiger partial charge in [0.05, 0.1) is 5.52 Å². The third-order valence-corrected chi connectivity index (χ3v) is 2.65. The minimum atomic E-state index is 1.14. The summed E-state index contributed by atoms with van der Waals surface area (Å²) in [6, 6.07) is 2.01. The molecule has 0 aromatic carbocycles. The van der Waals surface area contributed by atoms with Crippen molar-refractivity contribution in [2.75, 3.05) is 0 Å². The summed E-state index contributed by atoms with van der Waals surface area (Å²) in [6.07, 6.45) is 7.36. The lowest BCUT2D eigenvalue weighted by atomic mass is 10.2.